The number of hydrogen-bond acceptors (Lipinski definition) is 5. The molecule has 3 aromatic heterocycles. The molecule has 0 spiro atoms. The molecule has 0 radical (unpaired) electrons. The number of aromatic nitrogens is 3. The Morgan fingerprint density at radius 3 is 3.04 bits per heavy atom. The molecule has 2 atom stereocenters. The van der Waals surface area contributed by atoms with Crippen LogP contribution in [0, 0.1) is 5.92 Å². The molecule has 1 aliphatic heterocycles. The number of nitrogens with one attached hydrogen (secondary N) is 2. The maximum Gasteiger partial charge on any atom is 0.252 e. The zero-order valence-corrected chi connectivity index (χ0v) is 14.4. The van der Waals surface area contributed by atoms with Crippen LogP contribution in [0.4, 0.5) is 5.82 Å². The fourth-order valence-electron chi connectivity index (χ4n) is 3.67. The Morgan fingerprint density at radius 1 is 1.42 bits per heavy atom. The first-order valence-electron chi connectivity index (χ1n) is 8.66. The third-order valence-electron chi connectivity index (χ3n) is 5.02. The molecule has 8 nitrogen and oxygen atoms in total. The Kier molecular flexibility index (Phi) is 3.95. The molecule has 0 saturated carbocycles. The van der Waals surface area contributed by atoms with E-state index in [9.17, 15) is 9.59 Å². The van der Waals surface area contributed by atoms with Crippen molar-refractivity contribution in [2.75, 3.05) is 11.9 Å². The fourth-order valence-corrected chi connectivity index (χ4v) is 3.67. The minimum atomic E-state index is -0.520. The summed E-state index contributed by atoms with van der Waals surface area (Å²) in [5.41, 5.74) is 7.18. The summed E-state index contributed by atoms with van der Waals surface area (Å²) < 4.78 is 1.81. The minimum Gasteiger partial charge on any atom is -0.366 e. The van der Waals surface area contributed by atoms with E-state index in [2.05, 4.69) is 27.5 Å². The molecule has 0 bridgehead atoms. The van der Waals surface area contributed by atoms with Gasteiger partial charge in [0.1, 0.15) is 5.65 Å². The van der Waals surface area contributed by atoms with Gasteiger partial charge in [-0.05, 0) is 18.1 Å². The highest BCUT2D eigenvalue weighted by Gasteiger charge is 2.30. The van der Waals surface area contributed by atoms with Gasteiger partial charge in [-0.15, -0.1) is 0 Å². The number of rotatable bonds is 5. The molecule has 0 aliphatic carbocycles. The van der Waals surface area contributed by atoms with Crippen LogP contribution in [-0.4, -0.2) is 38.8 Å². The first-order valence-corrected chi connectivity index (χ1v) is 8.66. The van der Waals surface area contributed by atoms with E-state index in [0.29, 0.717) is 35.9 Å². The average Bonchev–Trinajstić information content (AvgIpc) is 3.25. The summed E-state index contributed by atoms with van der Waals surface area (Å²) in [5, 5.41) is 7.21. The van der Waals surface area contributed by atoms with Crippen LogP contribution in [0.1, 0.15) is 30.1 Å². The number of fused-ring (bicyclic) bond motifs is 3. The molecule has 8 heteroatoms. The van der Waals surface area contributed by atoms with Crippen molar-refractivity contribution in [3.63, 3.8) is 0 Å². The first-order chi connectivity index (χ1) is 12.6. The topological polar surface area (TPSA) is 114 Å². The smallest absolute Gasteiger partial charge is 0.252 e. The second kappa shape index (κ2) is 6.29. The highest BCUT2D eigenvalue weighted by molar-refractivity contribution is 6.04. The Labute approximate surface area is 149 Å². The van der Waals surface area contributed by atoms with Crippen molar-refractivity contribution in [2.24, 2.45) is 11.7 Å². The number of carbonyl (C=O) groups excluding carboxylic acids is 2. The number of amides is 2. The normalized spacial score (nSPS) is 19.8. The van der Waals surface area contributed by atoms with Crippen LogP contribution in [0.3, 0.4) is 0 Å². The van der Waals surface area contributed by atoms with E-state index in [1.807, 2.05) is 10.5 Å². The van der Waals surface area contributed by atoms with Crippen LogP contribution in [0.2, 0.25) is 0 Å². The molecular weight excluding hydrogens is 332 g/mol. The molecule has 1 fully saturated rings. The van der Waals surface area contributed by atoms with E-state index in [0.717, 1.165) is 17.3 Å². The molecule has 3 aromatic rings. The summed E-state index contributed by atoms with van der Waals surface area (Å²) in [6.45, 7) is 2.68. The number of imidazole rings is 1. The van der Waals surface area contributed by atoms with E-state index in [-0.39, 0.29) is 11.9 Å². The monoisotopic (exact) mass is 352 g/mol. The van der Waals surface area contributed by atoms with E-state index in [1.165, 1.54) is 0 Å². The highest BCUT2D eigenvalue weighted by Crippen LogP contribution is 2.26. The van der Waals surface area contributed by atoms with Gasteiger partial charge in [-0.1, -0.05) is 13.3 Å². The lowest BCUT2D eigenvalue weighted by molar-refractivity contribution is -0.119. The first kappa shape index (κ1) is 16.3. The number of primary amides is 1. The summed E-state index contributed by atoms with van der Waals surface area (Å²) in [5.74, 6) is 0.573. The molecule has 2 amide bonds. The van der Waals surface area contributed by atoms with Gasteiger partial charge in [-0.3, -0.25) is 14.0 Å². The van der Waals surface area contributed by atoms with Crippen molar-refractivity contribution in [3.8, 4) is 0 Å². The van der Waals surface area contributed by atoms with Gasteiger partial charge in [0.2, 0.25) is 5.91 Å². The molecule has 4 N–H and O–H groups in total. The van der Waals surface area contributed by atoms with Crippen LogP contribution in [0.25, 0.3) is 16.6 Å². The second-order valence-corrected chi connectivity index (χ2v) is 6.57. The molecule has 0 aromatic carbocycles. The highest BCUT2D eigenvalue weighted by atomic mass is 16.2. The van der Waals surface area contributed by atoms with Crippen LogP contribution in [-0.2, 0) is 4.79 Å². The van der Waals surface area contributed by atoms with Crippen molar-refractivity contribution < 1.29 is 9.59 Å². The molecule has 4 rings (SSSR count). The molecular formula is C18H20N6O2. The summed E-state index contributed by atoms with van der Waals surface area (Å²) in [7, 11) is 0. The molecule has 4 heterocycles. The van der Waals surface area contributed by atoms with Gasteiger partial charge in [0, 0.05) is 43.0 Å². The third-order valence-corrected chi connectivity index (χ3v) is 5.02. The summed E-state index contributed by atoms with van der Waals surface area (Å²) in [6.07, 6.45) is 6.61. The van der Waals surface area contributed by atoms with E-state index in [4.69, 9.17) is 5.73 Å². The van der Waals surface area contributed by atoms with E-state index in [1.54, 1.807) is 24.7 Å². The maximum atomic E-state index is 11.7. The predicted octanol–water partition coefficient (Wildman–Crippen LogP) is 1.31. The summed E-state index contributed by atoms with van der Waals surface area (Å²) in [6, 6.07) is 3.64. The quantitative estimate of drug-likeness (QED) is 0.640. The van der Waals surface area contributed by atoms with Gasteiger partial charge in [-0.25, -0.2) is 9.97 Å². The van der Waals surface area contributed by atoms with Crippen molar-refractivity contribution in [3.05, 3.63) is 36.3 Å². The van der Waals surface area contributed by atoms with Gasteiger partial charge in [0.25, 0.3) is 5.91 Å². The summed E-state index contributed by atoms with van der Waals surface area (Å²) >= 11 is 0. The largest absolute Gasteiger partial charge is 0.366 e. The Balaban J connectivity index is 1.73. The van der Waals surface area contributed by atoms with Crippen LogP contribution >= 0.6 is 0 Å². The van der Waals surface area contributed by atoms with Crippen molar-refractivity contribution in [1.82, 2.24) is 19.7 Å². The lowest BCUT2D eigenvalue weighted by Crippen LogP contribution is -2.35. The van der Waals surface area contributed by atoms with Crippen molar-refractivity contribution >= 4 is 34.2 Å². The van der Waals surface area contributed by atoms with Gasteiger partial charge >= 0.3 is 0 Å². The van der Waals surface area contributed by atoms with Gasteiger partial charge in [0.15, 0.2) is 5.82 Å². The SMILES string of the molecule is CC[C@@H]1CC(=O)NC1CNc1nccc2cc(C(N)=O)c3nccn3c12. The average molecular weight is 352 g/mol. The lowest BCUT2D eigenvalue weighted by atomic mass is 9.98. The van der Waals surface area contributed by atoms with Gasteiger partial charge in [-0.2, -0.15) is 0 Å². The van der Waals surface area contributed by atoms with Crippen molar-refractivity contribution in [2.45, 2.75) is 25.8 Å². The number of anilines is 1. The Hall–Kier alpha value is -3.16. The second-order valence-electron chi connectivity index (χ2n) is 6.57. The Bertz CT molecular complexity index is 1010. The molecule has 1 saturated heterocycles. The fraction of sp³-hybridized carbons (Fsp3) is 0.333. The summed E-state index contributed by atoms with van der Waals surface area (Å²) in [4.78, 5) is 32.1. The molecule has 134 valence electrons. The van der Waals surface area contributed by atoms with Crippen LogP contribution < -0.4 is 16.4 Å². The molecule has 26 heavy (non-hydrogen) atoms. The number of nitrogens with zero attached hydrogens (tertiary/aromatic N) is 3. The van der Waals surface area contributed by atoms with Gasteiger partial charge in [0.05, 0.1) is 11.1 Å². The Morgan fingerprint density at radius 2 is 2.27 bits per heavy atom. The van der Waals surface area contributed by atoms with E-state index < -0.39 is 5.91 Å². The number of carbonyl (C=O) groups is 2. The maximum absolute atomic E-state index is 11.7. The third kappa shape index (κ3) is 2.63. The zero-order chi connectivity index (χ0) is 18.3. The van der Waals surface area contributed by atoms with Crippen molar-refractivity contribution in [1.29, 1.82) is 0 Å². The number of pyridine rings is 2. The molecule has 1 aliphatic rings. The lowest BCUT2D eigenvalue weighted by Gasteiger charge is -2.19. The number of hydrogen-bond donors (Lipinski definition) is 3. The standard InChI is InChI=1S/C18H20N6O2/c1-2-10-8-14(25)23-13(10)9-22-17-15-11(3-4-20-17)7-12(16(19)26)18-21-5-6-24(15)18/h3-7,10,13H,2,8-9H2,1H3,(H2,19,26)(H,20,22)(H,23,25)/t10-,13?/m1/s1. The zero-order valence-electron chi connectivity index (χ0n) is 14.4. The van der Waals surface area contributed by atoms with Crippen LogP contribution in [0.5, 0.6) is 0 Å². The molecule has 1 unspecified atom stereocenters. The predicted molar refractivity (Wildman–Crippen MR) is 97.8 cm³/mol. The van der Waals surface area contributed by atoms with Crippen LogP contribution in [0.15, 0.2) is 30.7 Å². The number of nitrogens with two attached hydrogens (primary N) is 1. The van der Waals surface area contributed by atoms with Gasteiger partial charge < -0.3 is 16.4 Å². The van der Waals surface area contributed by atoms with E-state index >= 15 is 0 Å². The minimum absolute atomic E-state index is 0.0766.